The number of ether oxygens (including phenoxy) is 1. The molecule has 0 fully saturated rings. The van der Waals surface area contributed by atoms with Gasteiger partial charge in [0, 0.05) is 12.8 Å². The van der Waals surface area contributed by atoms with E-state index >= 15 is 0 Å². The quantitative estimate of drug-likeness (QED) is 0.844. The van der Waals surface area contributed by atoms with E-state index in [9.17, 15) is 18.0 Å². The maximum Gasteiger partial charge on any atom is 0.416 e. The van der Waals surface area contributed by atoms with Gasteiger partial charge < -0.3 is 15.2 Å². The number of carbonyl (C=O) groups is 1. The summed E-state index contributed by atoms with van der Waals surface area (Å²) in [6, 6.07) is 2.43. The largest absolute Gasteiger partial charge is 0.478 e. The number of carboxylic acids is 1. The molecule has 21 heavy (non-hydrogen) atoms. The predicted octanol–water partition coefficient (Wildman–Crippen LogP) is 3.49. The number of nitrogens with one attached hydrogen (secondary N) is 1. The van der Waals surface area contributed by atoms with Gasteiger partial charge in [-0.2, -0.15) is 13.2 Å². The van der Waals surface area contributed by atoms with Crippen molar-refractivity contribution in [2.24, 2.45) is 5.92 Å². The molecule has 118 valence electrons. The molecule has 1 atom stereocenters. The van der Waals surface area contributed by atoms with Crippen LogP contribution in [-0.4, -0.2) is 30.8 Å². The number of hydrogen-bond donors (Lipinski definition) is 2. The number of methoxy groups -OCH3 is 1. The van der Waals surface area contributed by atoms with Crippen LogP contribution in [-0.2, 0) is 10.9 Å². The topological polar surface area (TPSA) is 58.6 Å². The van der Waals surface area contributed by atoms with Crippen LogP contribution in [0.1, 0.15) is 29.8 Å². The van der Waals surface area contributed by atoms with Gasteiger partial charge in [-0.15, -0.1) is 0 Å². The van der Waals surface area contributed by atoms with Crippen molar-refractivity contribution in [3.63, 3.8) is 0 Å². The summed E-state index contributed by atoms with van der Waals surface area (Å²) in [6.07, 6.45) is -4.58. The number of anilines is 1. The Bertz CT molecular complexity index is 501. The first-order valence-electron chi connectivity index (χ1n) is 6.36. The molecule has 4 nitrogen and oxygen atoms in total. The minimum Gasteiger partial charge on any atom is -0.478 e. The predicted molar refractivity (Wildman–Crippen MR) is 72.5 cm³/mol. The molecule has 0 bridgehead atoms. The van der Waals surface area contributed by atoms with Crippen molar-refractivity contribution in [1.29, 1.82) is 0 Å². The number of halogens is 3. The molecule has 0 heterocycles. The first-order valence-corrected chi connectivity index (χ1v) is 6.36. The van der Waals surface area contributed by atoms with Gasteiger partial charge in [-0.1, -0.05) is 13.8 Å². The molecule has 0 amide bonds. The fraction of sp³-hybridized carbons (Fsp3) is 0.500. The van der Waals surface area contributed by atoms with E-state index in [1.807, 2.05) is 13.8 Å². The summed E-state index contributed by atoms with van der Waals surface area (Å²) < 4.78 is 42.9. The third-order valence-electron chi connectivity index (χ3n) is 3.07. The Labute approximate surface area is 120 Å². The molecule has 0 aromatic heterocycles. The van der Waals surface area contributed by atoms with Crippen LogP contribution in [0.4, 0.5) is 18.9 Å². The minimum atomic E-state index is -4.58. The van der Waals surface area contributed by atoms with E-state index in [1.165, 1.54) is 7.11 Å². The first kappa shape index (κ1) is 17.3. The molecule has 0 aliphatic rings. The highest BCUT2D eigenvalue weighted by Crippen LogP contribution is 2.32. The number of rotatable bonds is 6. The van der Waals surface area contributed by atoms with Crippen molar-refractivity contribution in [3.05, 3.63) is 29.3 Å². The SMILES string of the molecule is COCC(Nc1ccc(C(F)(F)F)cc1C(=O)O)C(C)C. The van der Waals surface area contributed by atoms with Crippen LogP contribution in [0.15, 0.2) is 18.2 Å². The summed E-state index contributed by atoms with van der Waals surface area (Å²) in [4.78, 5) is 11.2. The summed E-state index contributed by atoms with van der Waals surface area (Å²) in [5.74, 6) is -1.29. The van der Waals surface area contributed by atoms with E-state index in [0.29, 0.717) is 12.7 Å². The Morgan fingerprint density at radius 2 is 2.00 bits per heavy atom. The average molecular weight is 305 g/mol. The molecule has 0 saturated heterocycles. The highest BCUT2D eigenvalue weighted by atomic mass is 19.4. The van der Waals surface area contributed by atoms with Gasteiger partial charge >= 0.3 is 12.1 Å². The molecular formula is C14H18F3NO3. The zero-order valence-corrected chi connectivity index (χ0v) is 12.0. The zero-order valence-electron chi connectivity index (χ0n) is 12.0. The molecule has 1 rings (SSSR count). The molecule has 2 N–H and O–H groups in total. The summed E-state index contributed by atoms with van der Waals surface area (Å²) in [5, 5.41) is 12.0. The van der Waals surface area contributed by atoms with Crippen LogP contribution in [0, 0.1) is 5.92 Å². The molecule has 0 radical (unpaired) electrons. The normalized spacial score (nSPS) is 13.3. The Morgan fingerprint density at radius 3 is 2.43 bits per heavy atom. The van der Waals surface area contributed by atoms with E-state index in [0.717, 1.165) is 12.1 Å². The Kier molecular flexibility index (Phi) is 5.60. The molecule has 1 aromatic carbocycles. The standard InChI is InChI=1S/C14H18F3NO3/c1-8(2)12(7-21-3)18-11-5-4-9(14(15,16)17)6-10(11)13(19)20/h4-6,8,12,18H,7H2,1-3H3,(H,19,20). The number of benzene rings is 1. The lowest BCUT2D eigenvalue weighted by atomic mass is 10.0. The molecule has 1 unspecified atom stereocenters. The molecule has 7 heteroatoms. The van der Waals surface area contributed by atoms with Crippen molar-refractivity contribution in [2.45, 2.75) is 26.1 Å². The Hall–Kier alpha value is -1.76. The van der Waals surface area contributed by atoms with Crippen LogP contribution in [0.2, 0.25) is 0 Å². The summed E-state index contributed by atoms with van der Waals surface area (Å²) in [6.45, 7) is 4.13. The molecule has 0 aliphatic carbocycles. The van der Waals surface area contributed by atoms with Crippen LogP contribution in [0.5, 0.6) is 0 Å². The first-order chi connectivity index (χ1) is 9.66. The van der Waals surface area contributed by atoms with Crippen LogP contribution in [0.3, 0.4) is 0 Å². The molecular weight excluding hydrogens is 287 g/mol. The van der Waals surface area contributed by atoms with E-state index in [2.05, 4.69) is 5.32 Å². The Morgan fingerprint density at radius 1 is 1.38 bits per heavy atom. The van der Waals surface area contributed by atoms with E-state index in [1.54, 1.807) is 0 Å². The third kappa shape index (κ3) is 4.63. The number of alkyl halides is 3. The average Bonchev–Trinajstić information content (AvgIpc) is 2.36. The summed E-state index contributed by atoms with van der Waals surface area (Å²) in [5.41, 5.74) is -1.25. The highest BCUT2D eigenvalue weighted by Gasteiger charge is 2.32. The number of aromatic carboxylic acids is 1. The second-order valence-corrected chi connectivity index (χ2v) is 5.01. The van der Waals surface area contributed by atoms with Crippen molar-refractivity contribution in [3.8, 4) is 0 Å². The van der Waals surface area contributed by atoms with Gasteiger partial charge in [0.25, 0.3) is 0 Å². The highest BCUT2D eigenvalue weighted by molar-refractivity contribution is 5.94. The van der Waals surface area contributed by atoms with Crippen molar-refractivity contribution in [2.75, 3.05) is 19.0 Å². The van der Waals surface area contributed by atoms with E-state index in [-0.39, 0.29) is 17.6 Å². The number of carboxylic acid groups (broad SMARTS) is 1. The second kappa shape index (κ2) is 6.80. The van der Waals surface area contributed by atoms with E-state index < -0.39 is 23.3 Å². The second-order valence-electron chi connectivity index (χ2n) is 5.01. The fourth-order valence-electron chi connectivity index (χ4n) is 1.80. The van der Waals surface area contributed by atoms with Crippen molar-refractivity contribution >= 4 is 11.7 Å². The summed E-state index contributed by atoms with van der Waals surface area (Å²) in [7, 11) is 1.50. The van der Waals surface area contributed by atoms with Crippen molar-refractivity contribution in [1.82, 2.24) is 0 Å². The van der Waals surface area contributed by atoms with Gasteiger partial charge in [0.05, 0.1) is 23.8 Å². The lowest BCUT2D eigenvalue weighted by molar-refractivity contribution is -0.137. The molecule has 0 saturated carbocycles. The lowest BCUT2D eigenvalue weighted by Gasteiger charge is -2.24. The van der Waals surface area contributed by atoms with Crippen molar-refractivity contribution < 1.29 is 27.8 Å². The maximum atomic E-state index is 12.6. The lowest BCUT2D eigenvalue weighted by Crippen LogP contribution is -2.31. The Balaban J connectivity index is 3.15. The fourth-order valence-corrected chi connectivity index (χ4v) is 1.80. The monoisotopic (exact) mass is 305 g/mol. The third-order valence-corrected chi connectivity index (χ3v) is 3.07. The van der Waals surface area contributed by atoms with Crippen LogP contribution in [0.25, 0.3) is 0 Å². The van der Waals surface area contributed by atoms with Gasteiger partial charge in [-0.05, 0) is 24.1 Å². The minimum absolute atomic E-state index is 0.119. The molecule has 0 aliphatic heterocycles. The van der Waals surface area contributed by atoms with Gasteiger partial charge in [-0.3, -0.25) is 0 Å². The van der Waals surface area contributed by atoms with Gasteiger partial charge in [0.2, 0.25) is 0 Å². The molecule has 0 spiro atoms. The number of hydrogen-bond acceptors (Lipinski definition) is 3. The van der Waals surface area contributed by atoms with Gasteiger partial charge in [0.1, 0.15) is 0 Å². The van der Waals surface area contributed by atoms with Gasteiger partial charge in [-0.25, -0.2) is 4.79 Å². The van der Waals surface area contributed by atoms with Crippen LogP contribution < -0.4 is 5.32 Å². The van der Waals surface area contributed by atoms with E-state index in [4.69, 9.17) is 9.84 Å². The van der Waals surface area contributed by atoms with Gasteiger partial charge in [0.15, 0.2) is 0 Å². The smallest absolute Gasteiger partial charge is 0.416 e. The zero-order chi connectivity index (χ0) is 16.2. The maximum absolute atomic E-state index is 12.6. The summed E-state index contributed by atoms with van der Waals surface area (Å²) >= 11 is 0. The van der Waals surface area contributed by atoms with Crippen LogP contribution >= 0.6 is 0 Å². The molecule has 1 aromatic rings.